The van der Waals surface area contributed by atoms with Crippen molar-refractivity contribution in [2.45, 2.75) is 32.4 Å². The van der Waals surface area contributed by atoms with Crippen LogP contribution in [0.15, 0.2) is 18.2 Å². The molecule has 0 bridgehead atoms. The van der Waals surface area contributed by atoms with E-state index in [0.29, 0.717) is 25.8 Å². The van der Waals surface area contributed by atoms with Gasteiger partial charge >= 0.3 is 6.18 Å². The lowest BCUT2D eigenvalue weighted by Crippen LogP contribution is -2.44. The number of hydrogen-bond donors (Lipinski definition) is 1. The number of carbonyl (C=O) groups is 1. The highest BCUT2D eigenvalue weighted by Crippen LogP contribution is 2.31. The Kier molecular flexibility index (Phi) is 7.58. The van der Waals surface area contributed by atoms with Crippen molar-refractivity contribution >= 4 is 33.2 Å². The lowest BCUT2D eigenvalue weighted by molar-refractivity contribution is -0.153. The average Bonchev–Trinajstić information content (AvgIpc) is 2.60. The molecule has 1 fully saturated rings. The Morgan fingerprint density at radius 2 is 2.11 bits per heavy atom. The molecule has 1 amide bonds. The Bertz CT molecular complexity index is 802. The zero-order valence-electron chi connectivity index (χ0n) is 15.3. The van der Waals surface area contributed by atoms with Crippen molar-refractivity contribution in [3.05, 3.63) is 23.2 Å². The van der Waals surface area contributed by atoms with Crippen LogP contribution in [0.5, 0.6) is 5.75 Å². The molecule has 0 aromatic heterocycles. The van der Waals surface area contributed by atoms with Crippen LogP contribution in [0.25, 0.3) is 0 Å². The van der Waals surface area contributed by atoms with E-state index < -0.39 is 34.6 Å². The van der Waals surface area contributed by atoms with Gasteiger partial charge in [-0.3, -0.25) is 4.79 Å². The Labute approximate surface area is 167 Å². The predicted molar refractivity (Wildman–Crippen MR) is 100 cm³/mol. The number of benzene rings is 1. The molecule has 158 valence electrons. The third-order valence-electron chi connectivity index (χ3n) is 4.20. The summed E-state index contributed by atoms with van der Waals surface area (Å²) in [5.41, 5.74) is 0.00953. The quantitative estimate of drug-likeness (QED) is 0.699. The van der Waals surface area contributed by atoms with E-state index in [0.717, 1.165) is 0 Å². The van der Waals surface area contributed by atoms with Crippen LogP contribution in [0.4, 0.5) is 18.9 Å². The number of nitrogens with zero attached hydrogens (tertiary/aromatic N) is 1. The van der Waals surface area contributed by atoms with Crippen LogP contribution in [0, 0.1) is 5.92 Å². The Morgan fingerprint density at radius 1 is 1.39 bits per heavy atom. The van der Waals surface area contributed by atoms with Crippen molar-refractivity contribution in [2.75, 3.05) is 30.8 Å². The molecule has 1 atom stereocenters. The number of carbonyl (C=O) groups excluding carboxylic acids is 1. The molecule has 6 nitrogen and oxygen atoms in total. The topological polar surface area (TPSA) is 75.7 Å². The summed E-state index contributed by atoms with van der Waals surface area (Å²) >= 11 is 5.88. The third kappa shape index (κ3) is 6.52. The van der Waals surface area contributed by atoms with Gasteiger partial charge in [0.2, 0.25) is 15.9 Å². The highest BCUT2D eigenvalue weighted by molar-refractivity contribution is 7.89. The maximum atomic E-state index is 12.6. The summed E-state index contributed by atoms with van der Waals surface area (Å²) < 4.78 is 67.8. The number of amides is 1. The molecule has 1 aromatic rings. The standard InChI is InChI=1S/C17H22ClF3N2O4S/c1-2-8-28(25,26)23-7-3-4-12(10-23)16(24)22-14-9-13(18)5-6-15(14)27-11-17(19,20)21/h5-6,9,12H,2-4,7-8,10-11H2,1H3,(H,22,24). The third-order valence-corrected chi connectivity index (χ3v) is 6.48. The molecule has 1 aromatic carbocycles. The smallest absolute Gasteiger partial charge is 0.422 e. The molecule has 28 heavy (non-hydrogen) atoms. The SMILES string of the molecule is CCCS(=O)(=O)N1CCCC(C(=O)Nc2cc(Cl)ccc2OCC(F)(F)F)C1. The summed E-state index contributed by atoms with van der Waals surface area (Å²) in [6.07, 6.45) is -3.06. The Hall–Kier alpha value is -1.52. The van der Waals surface area contributed by atoms with Gasteiger partial charge in [-0.1, -0.05) is 18.5 Å². The maximum Gasteiger partial charge on any atom is 0.422 e. The number of ether oxygens (including phenoxy) is 1. The molecule has 1 N–H and O–H groups in total. The highest BCUT2D eigenvalue weighted by atomic mass is 35.5. The number of anilines is 1. The molecule has 0 aliphatic carbocycles. The first-order valence-electron chi connectivity index (χ1n) is 8.79. The second-order valence-electron chi connectivity index (χ2n) is 6.55. The van der Waals surface area contributed by atoms with E-state index >= 15 is 0 Å². The summed E-state index contributed by atoms with van der Waals surface area (Å²) in [5, 5.41) is 2.74. The van der Waals surface area contributed by atoms with Crippen LogP contribution in [0.1, 0.15) is 26.2 Å². The molecular formula is C17H22ClF3N2O4S. The van der Waals surface area contributed by atoms with Gasteiger partial charge < -0.3 is 10.1 Å². The summed E-state index contributed by atoms with van der Waals surface area (Å²) in [7, 11) is -3.43. The number of piperidine rings is 1. The minimum atomic E-state index is -4.53. The molecule has 0 saturated carbocycles. The second kappa shape index (κ2) is 9.32. The Morgan fingerprint density at radius 3 is 2.75 bits per heavy atom. The van der Waals surface area contributed by atoms with Crippen molar-refractivity contribution in [3.63, 3.8) is 0 Å². The van der Waals surface area contributed by atoms with Crippen molar-refractivity contribution in [2.24, 2.45) is 5.92 Å². The van der Waals surface area contributed by atoms with E-state index in [1.54, 1.807) is 6.92 Å². The molecule has 1 unspecified atom stereocenters. The van der Waals surface area contributed by atoms with Gasteiger partial charge in [-0.15, -0.1) is 0 Å². The van der Waals surface area contributed by atoms with E-state index in [-0.39, 0.29) is 28.8 Å². The van der Waals surface area contributed by atoms with E-state index in [1.807, 2.05) is 0 Å². The van der Waals surface area contributed by atoms with Crippen molar-refractivity contribution in [1.82, 2.24) is 4.31 Å². The molecular weight excluding hydrogens is 421 g/mol. The largest absolute Gasteiger partial charge is 0.482 e. The monoisotopic (exact) mass is 442 g/mol. The van der Waals surface area contributed by atoms with Crippen LogP contribution in [0.3, 0.4) is 0 Å². The summed E-state index contributed by atoms with van der Waals surface area (Å²) in [4.78, 5) is 12.6. The van der Waals surface area contributed by atoms with E-state index in [9.17, 15) is 26.4 Å². The fourth-order valence-corrected chi connectivity index (χ4v) is 4.68. The second-order valence-corrected chi connectivity index (χ2v) is 9.07. The van der Waals surface area contributed by atoms with E-state index in [2.05, 4.69) is 5.32 Å². The predicted octanol–water partition coefficient (Wildman–Crippen LogP) is 3.67. The number of nitrogens with one attached hydrogen (secondary N) is 1. The van der Waals surface area contributed by atoms with Crippen LogP contribution < -0.4 is 10.1 Å². The average molecular weight is 443 g/mol. The van der Waals surface area contributed by atoms with Gasteiger partial charge in [0.1, 0.15) is 5.75 Å². The number of sulfonamides is 1. The number of hydrogen-bond acceptors (Lipinski definition) is 4. The summed E-state index contributed by atoms with van der Waals surface area (Å²) in [6.45, 7) is 0.633. The molecule has 1 heterocycles. The first kappa shape index (κ1) is 22.8. The normalized spacial score (nSPS) is 18.7. The van der Waals surface area contributed by atoms with Gasteiger partial charge in [0.15, 0.2) is 6.61 Å². The maximum absolute atomic E-state index is 12.6. The van der Waals surface area contributed by atoms with Gasteiger partial charge in [-0.2, -0.15) is 13.2 Å². The van der Waals surface area contributed by atoms with Crippen molar-refractivity contribution in [1.29, 1.82) is 0 Å². The van der Waals surface area contributed by atoms with Crippen molar-refractivity contribution < 1.29 is 31.1 Å². The van der Waals surface area contributed by atoms with Crippen LogP contribution in [-0.4, -0.2) is 50.3 Å². The minimum Gasteiger partial charge on any atom is -0.482 e. The first-order valence-corrected chi connectivity index (χ1v) is 10.8. The molecule has 2 rings (SSSR count). The molecule has 11 heteroatoms. The molecule has 1 saturated heterocycles. The van der Waals surface area contributed by atoms with Gasteiger partial charge in [-0.25, -0.2) is 12.7 Å². The van der Waals surface area contributed by atoms with E-state index in [1.165, 1.54) is 22.5 Å². The summed E-state index contributed by atoms with van der Waals surface area (Å²) in [5.74, 6) is -1.27. The first-order chi connectivity index (χ1) is 13.0. The lowest BCUT2D eigenvalue weighted by atomic mass is 9.98. The zero-order chi connectivity index (χ0) is 20.9. The van der Waals surface area contributed by atoms with Crippen LogP contribution in [0.2, 0.25) is 5.02 Å². The van der Waals surface area contributed by atoms with Gasteiger partial charge in [0, 0.05) is 18.1 Å². The summed E-state index contributed by atoms with van der Waals surface area (Å²) in [6, 6.07) is 3.88. The highest BCUT2D eigenvalue weighted by Gasteiger charge is 2.33. The van der Waals surface area contributed by atoms with Crippen LogP contribution in [-0.2, 0) is 14.8 Å². The fourth-order valence-electron chi connectivity index (χ4n) is 2.92. The molecule has 0 spiro atoms. The van der Waals surface area contributed by atoms with Crippen LogP contribution >= 0.6 is 11.6 Å². The lowest BCUT2D eigenvalue weighted by Gasteiger charge is -2.31. The number of halogens is 4. The minimum absolute atomic E-state index is 0.00502. The van der Waals surface area contributed by atoms with Gasteiger partial charge in [0.25, 0.3) is 0 Å². The molecule has 1 aliphatic rings. The van der Waals surface area contributed by atoms with Gasteiger partial charge in [0.05, 0.1) is 17.4 Å². The number of alkyl halides is 3. The van der Waals surface area contributed by atoms with E-state index in [4.69, 9.17) is 16.3 Å². The molecule has 1 aliphatic heterocycles. The zero-order valence-corrected chi connectivity index (χ0v) is 16.8. The van der Waals surface area contributed by atoms with Gasteiger partial charge in [-0.05, 0) is 37.5 Å². The van der Waals surface area contributed by atoms with Crippen molar-refractivity contribution in [3.8, 4) is 5.75 Å². The number of rotatable bonds is 7. The molecule has 0 radical (unpaired) electrons. The Balaban J connectivity index is 2.10. The fraction of sp³-hybridized carbons (Fsp3) is 0.588.